The van der Waals surface area contributed by atoms with E-state index in [-0.39, 0.29) is 24.0 Å². The Balaban J connectivity index is 1.58. The minimum Gasteiger partial charge on any atom is -0.326 e. The van der Waals surface area contributed by atoms with Gasteiger partial charge in [0.05, 0.1) is 17.9 Å². The zero-order valence-electron chi connectivity index (χ0n) is 16.8. The number of carbonyl (C=O) groups is 1. The first kappa shape index (κ1) is 21.6. The van der Waals surface area contributed by atoms with Crippen molar-refractivity contribution in [1.82, 2.24) is 24.9 Å². The topological polar surface area (TPSA) is 119 Å². The van der Waals surface area contributed by atoms with E-state index in [9.17, 15) is 13.2 Å². The smallest absolute Gasteiger partial charge is 0.228 e. The molecule has 0 bridgehead atoms. The number of hydrogen-bond donors (Lipinski definition) is 2. The Hall–Kier alpha value is -3.11. The molecule has 2 N–H and O–H groups in total. The number of anilines is 1. The third kappa shape index (κ3) is 6.46. The molecule has 0 saturated carbocycles. The Morgan fingerprint density at radius 3 is 2.53 bits per heavy atom. The quantitative estimate of drug-likeness (QED) is 0.537. The number of amides is 1. The van der Waals surface area contributed by atoms with Crippen LogP contribution >= 0.6 is 0 Å². The van der Waals surface area contributed by atoms with Crippen LogP contribution in [0.1, 0.15) is 25.0 Å². The van der Waals surface area contributed by atoms with Gasteiger partial charge < -0.3 is 5.32 Å². The van der Waals surface area contributed by atoms with Crippen molar-refractivity contribution in [3.8, 4) is 5.69 Å². The Kier molecular flexibility index (Phi) is 6.91. The number of nitrogens with one attached hydrogen (secondary N) is 2. The van der Waals surface area contributed by atoms with Crippen LogP contribution in [0.25, 0.3) is 5.69 Å². The summed E-state index contributed by atoms with van der Waals surface area (Å²) in [5.41, 5.74) is 2.79. The highest BCUT2D eigenvalue weighted by Crippen LogP contribution is 2.14. The molecule has 0 fully saturated rings. The van der Waals surface area contributed by atoms with Crippen molar-refractivity contribution < 1.29 is 13.2 Å². The normalized spacial score (nSPS) is 11.6. The van der Waals surface area contributed by atoms with Crippen LogP contribution in [0.5, 0.6) is 0 Å². The molecule has 0 saturated heterocycles. The number of carbonyl (C=O) groups excluding carboxylic acids is 1. The molecule has 0 aliphatic rings. The summed E-state index contributed by atoms with van der Waals surface area (Å²) in [5, 5.41) is 13.8. The van der Waals surface area contributed by atoms with E-state index < -0.39 is 10.0 Å². The number of tetrazole rings is 1. The van der Waals surface area contributed by atoms with E-state index in [2.05, 4.69) is 25.6 Å². The number of benzene rings is 2. The number of rotatable bonds is 9. The average molecular weight is 429 g/mol. The highest BCUT2D eigenvalue weighted by molar-refractivity contribution is 7.88. The van der Waals surface area contributed by atoms with Crippen LogP contribution in [0.2, 0.25) is 0 Å². The number of sulfonamides is 1. The van der Waals surface area contributed by atoms with E-state index in [0.29, 0.717) is 17.8 Å². The molecule has 0 spiro atoms. The molecule has 0 aliphatic heterocycles. The molecule has 2 aromatic carbocycles. The predicted molar refractivity (Wildman–Crippen MR) is 113 cm³/mol. The molecule has 30 heavy (non-hydrogen) atoms. The summed E-state index contributed by atoms with van der Waals surface area (Å²) in [6.07, 6.45) is 1.68. The first-order valence-electron chi connectivity index (χ1n) is 9.49. The maximum Gasteiger partial charge on any atom is 0.228 e. The van der Waals surface area contributed by atoms with Gasteiger partial charge in [0.2, 0.25) is 15.9 Å². The van der Waals surface area contributed by atoms with Crippen LogP contribution in [0.4, 0.5) is 5.69 Å². The van der Waals surface area contributed by atoms with E-state index in [0.717, 1.165) is 11.3 Å². The van der Waals surface area contributed by atoms with E-state index in [4.69, 9.17) is 0 Å². The highest BCUT2D eigenvalue weighted by Gasteiger charge is 2.13. The van der Waals surface area contributed by atoms with E-state index in [1.165, 1.54) is 11.0 Å². The second kappa shape index (κ2) is 9.59. The number of nitrogens with zero attached hydrogens (tertiary/aromatic N) is 4. The van der Waals surface area contributed by atoms with Gasteiger partial charge in [0.15, 0.2) is 0 Å². The molecule has 3 aromatic rings. The lowest BCUT2D eigenvalue weighted by atomic mass is 10.1. The Bertz CT molecular complexity index is 1080. The third-order valence-corrected chi connectivity index (χ3v) is 5.51. The summed E-state index contributed by atoms with van der Waals surface area (Å²) in [5.74, 6) is -0.0994. The monoisotopic (exact) mass is 428 g/mol. The average Bonchev–Trinajstić information content (AvgIpc) is 3.22. The predicted octanol–water partition coefficient (Wildman–Crippen LogP) is 1.92. The van der Waals surface area contributed by atoms with Crippen LogP contribution in [-0.4, -0.2) is 41.1 Å². The summed E-state index contributed by atoms with van der Waals surface area (Å²) >= 11 is 0. The second-order valence-corrected chi connectivity index (χ2v) is 9.15. The van der Waals surface area contributed by atoms with Gasteiger partial charge in [-0.15, -0.1) is 5.10 Å². The largest absolute Gasteiger partial charge is 0.326 e. The minimum atomic E-state index is -3.42. The zero-order chi connectivity index (χ0) is 21.6. The van der Waals surface area contributed by atoms with Gasteiger partial charge in [0.1, 0.15) is 6.33 Å². The summed E-state index contributed by atoms with van der Waals surface area (Å²) < 4.78 is 28.5. The fourth-order valence-corrected chi connectivity index (χ4v) is 4.05. The van der Waals surface area contributed by atoms with Crippen molar-refractivity contribution in [2.24, 2.45) is 5.92 Å². The van der Waals surface area contributed by atoms with Crippen LogP contribution in [0.3, 0.4) is 0 Å². The molecular weight excluding hydrogens is 404 g/mol. The maximum absolute atomic E-state index is 12.4. The van der Waals surface area contributed by atoms with Gasteiger partial charge in [-0.05, 0) is 51.7 Å². The molecule has 1 heterocycles. The standard InChI is InChI=1S/C20H24N6O3S/c1-15(2)12-22-30(28,29)13-17-4-3-5-18(10-17)23-20(27)11-16-6-8-19(9-7-16)26-14-21-24-25-26/h3-10,14-15,22H,11-13H2,1-2H3,(H,23,27). The molecular formula is C20H24N6O3S. The van der Waals surface area contributed by atoms with Crippen molar-refractivity contribution in [2.75, 3.05) is 11.9 Å². The lowest BCUT2D eigenvalue weighted by Crippen LogP contribution is -2.28. The van der Waals surface area contributed by atoms with Gasteiger partial charge >= 0.3 is 0 Å². The van der Waals surface area contributed by atoms with Gasteiger partial charge in [-0.1, -0.05) is 38.1 Å². The first-order chi connectivity index (χ1) is 14.3. The summed E-state index contributed by atoms with van der Waals surface area (Å²) in [4.78, 5) is 12.4. The van der Waals surface area contributed by atoms with Crippen molar-refractivity contribution >= 4 is 21.6 Å². The van der Waals surface area contributed by atoms with Crippen molar-refractivity contribution in [3.63, 3.8) is 0 Å². The molecule has 0 unspecified atom stereocenters. The molecule has 3 rings (SSSR count). The summed E-state index contributed by atoms with van der Waals surface area (Å²) in [6, 6.07) is 14.2. The van der Waals surface area contributed by atoms with E-state index in [1.807, 2.05) is 38.1 Å². The van der Waals surface area contributed by atoms with Gasteiger partial charge in [-0.2, -0.15) is 0 Å². The molecule has 1 aromatic heterocycles. The maximum atomic E-state index is 12.4. The van der Waals surface area contributed by atoms with Gasteiger partial charge in [-0.3, -0.25) is 4.79 Å². The zero-order valence-corrected chi connectivity index (χ0v) is 17.6. The van der Waals surface area contributed by atoms with Crippen molar-refractivity contribution in [1.29, 1.82) is 0 Å². The molecule has 0 radical (unpaired) electrons. The number of hydrogen-bond acceptors (Lipinski definition) is 6. The van der Waals surface area contributed by atoms with Crippen LogP contribution in [-0.2, 0) is 27.0 Å². The van der Waals surface area contributed by atoms with Crippen LogP contribution < -0.4 is 10.0 Å². The van der Waals surface area contributed by atoms with Gasteiger partial charge in [0.25, 0.3) is 0 Å². The Morgan fingerprint density at radius 2 is 1.87 bits per heavy atom. The fraction of sp³-hybridized carbons (Fsp3) is 0.300. The second-order valence-electron chi connectivity index (χ2n) is 7.35. The van der Waals surface area contributed by atoms with Crippen molar-refractivity contribution in [3.05, 3.63) is 66.0 Å². The molecule has 0 atom stereocenters. The molecule has 9 nitrogen and oxygen atoms in total. The number of aromatic nitrogens is 4. The van der Waals surface area contributed by atoms with Gasteiger partial charge in [0, 0.05) is 12.2 Å². The Labute approximate surface area is 175 Å². The summed E-state index contributed by atoms with van der Waals surface area (Å²) in [7, 11) is -3.42. The third-order valence-electron chi connectivity index (χ3n) is 4.19. The molecule has 10 heteroatoms. The molecule has 0 aliphatic carbocycles. The minimum absolute atomic E-state index is 0.137. The lowest BCUT2D eigenvalue weighted by Gasteiger charge is -2.10. The Morgan fingerprint density at radius 1 is 1.10 bits per heavy atom. The highest BCUT2D eigenvalue weighted by atomic mass is 32.2. The first-order valence-corrected chi connectivity index (χ1v) is 11.1. The molecule has 1 amide bonds. The van der Waals surface area contributed by atoms with Crippen molar-refractivity contribution in [2.45, 2.75) is 26.0 Å². The fourth-order valence-electron chi connectivity index (χ4n) is 2.74. The summed E-state index contributed by atoms with van der Waals surface area (Å²) in [6.45, 7) is 4.28. The SMILES string of the molecule is CC(C)CNS(=O)(=O)Cc1cccc(NC(=O)Cc2ccc(-n3cnnn3)cc2)c1. The van der Waals surface area contributed by atoms with Crippen LogP contribution in [0, 0.1) is 5.92 Å². The van der Waals surface area contributed by atoms with E-state index >= 15 is 0 Å². The van der Waals surface area contributed by atoms with Gasteiger partial charge in [-0.25, -0.2) is 17.8 Å². The molecule has 158 valence electrons. The van der Waals surface area contributed by atoms with Crippen LogP contribution in [0.15, 0.2) is 54.9 Å². The lowest BCUT2D eigenvalue weighted by molar-refractivity contribution is -0.115. The van der Waals surface area contributed by atoms with E-state index in [1.54, 1.807) is 24.3 Å².